The minimum atomic E-state index is 0.766. The van der Waals surface area contributed by atoms with Crippen LogP contribution < -0.4 is 9.47 Å². The first-order valence-electron chi connectivity index (χ1n) is 7.71. The summed E-state index contributed by atoms with van der Waals surface area (Å²) >= 11 is 0. The molecular weight excluding hydrogens is 284 g/mol. The number of para-hydroxylation sites is 1. The molecule has 0 radical (unpaired) electrons. The van der Waals surface area contributed by atoms with Crippen molar-refractivity contribution < 1.29 is 9.47 Å². The van der Waals surface area contributed by atoms with E-state index in [1.54, 1.807) is 0 Å². The molecule has 3 rings (SSSR count). The second kappa shape index (κ2) is 6.57. The van der Waals surface area contributed by atoms with Crippen LogP contribution in [0.5, 0.6) is 23.0 Å². The largest absolute Gasteiger partial charge is 0.457 e. The van der Waals surface area contributed by atoms with Crippen molar-refractivity contribution in [2.24, 2.45) is 0 Å². The molecular formula is C21H20O2. The highest BCUT2D eigenvalue weighted by molar-refractivity contribution is 5.44. The predicted molar refractivity (Wildman–Crippen MR) is 93.7 cm³/mol. The van der Waals surface area contributed by atoms with Crippen molar-refractivity contribution in [3.63, 3.8) is 0 Å². The highest BCUT2D eigenvalue weighted by Crippen LogP contribution is 2.31. The lowest BCUT2D eigenvalue weighted by molar-refractivity contribution is 0.456. The molecule has 0 aliphatic rings. The van der Waals surface area contributed by atoms with Gasteiger partial charge in [-0.25, -0.2) is 0 Å². The van der Waals surface area contributed by atoms with Gasteiger partial charge in [0.05, 0.1) is 0 Å². The molecule has 3 aromatic rings. The zero-order valence-electron chi connectivity index (χ0n) is 13.7. The molecule has 0 spiro atoms. The predicted octanol–water partition coefficient (Wildman–Crippen LogP) is 6.20. The molecule has 3 aromatic carbocycles. The Morgan fingerprint density at radius 1 is 0.565 bits per heavy atom. The van der Waals surface area contributed by atoms with Crippen molar-refractivity contribution in [3.8, 4) is 23.0 Å². The topological polar surface area (TPSA) is 18.5 Å². The fourth-order valence-electron chi connectivity index (χ4n) is 2.36. The summed E-state index contributed by atoms with van der Waals surface area (Å²) in [6.07, 6.45) is 0. The zero-order valence-corrected chi connectivity index (χ0v) is 13.7. The van der Waals surface area contributed by atoms with Crippen LogP contribution in [0.3, 0.4) is 0 Å². The van der Waals surface area contributed by atoms with Crippen molar-refractivity contribution in [2.45, 2.75) is 20.8 Å². The van der Waals surface area contributed by atoms with Gasteiger partial charge in [0.2, 0.25) is 0 Å². The maximum Gasteiger partial charge on any atom is 0.131 e. The molecule has 2 nitrogen and oxygen atoms in total. The standard InChI is InChI=1S/C21H20O2/c1-15-9-6-13-21(17(15)3)23-19-11-7-10-18(14-19)22-20-12-5-4-8-16(20)2/h4-14H,1-3H3. The molecule has 0 saturated heterocycles. The first kappa shape index (κ1) is 15.2. The van der Waals surface area contributed by atoms with E-state index in [2.05, 4.69) is 19.9 Å². The third-order valence-electron chi connectivity index (χ3n) is 3.91. The van der Waals surface area contributed by atoms with E-state index in [1.165, 1.54) is 5.56 Å². The Morgan fingerprint density at radius 3 is 1.87 bits per heavy atom. The number of hydrogen-bond donors (Lipinski definition) is 0. The molecule has 0 saturated carbocycles. The van der Waals surface area contributed by atoms with E-state index in [0.29, 0.717) is 0 Å². The Labute approximate surface area is 137 Å². The highest BCUT2D eigenvalue weighted by Gasteiger charge is 2.06. The van der Waals surface area contributed by atoms with E-state index >= 15 is 0 Å². The average Bonchev–Trinajstić information content (AvgIpc) is 2.55. The second-order valence-electron chi connectivity index (χ2n) is 5.64. The summed E-state index contributed by atoms with van der Waals surface area (Å²) < 4.78 is 12.0. The van der Waals surface area contributed by atoms with Gasteiger partial charge in [-0.1, -0.05) is 36.4 Å². The van der Waals surface area contributed by atoms with Crippen molar-refractivity contribution in [3.05, 3.63) is 83.4 Å². The summed E-state index contributed by atoms with van der Waals surface area (Å²) in [5.74, 6) is 3.27. The van der Waals surface area contributed by atoms with Crippen molar-refractivity contribution in [1.82, 2.24) is 0 Å². The average molecular weight is 304 g/mol. The fourth-order valence-corrected chi connectivity index (χ4v) is 2.36. The Morgan fingerprint density at radius 2 is 1.13 bits per heavy atom. The first-order valence-corrected chi connectivity index (χ1v) is 7.71. The molecule has 23 heavy (non-hydrogen) atoms. The van der Waals surface area contributed by atoms with E-state index in [-0.39, 0.29) is 0 Å². The van der Waals surface area contributed by atoms with Crippen LogP contribution >= 0.6 is 0 Å². The van der Waals surface area contributed by atoms with Crippen molar-refractivity contribution in [1.29, 1.82) is 0 Å². The van der Waals surface area contributed by atoms with Gasteiger partial charge in [-0.15, -0.1) is 0 Å². The van der Waals surface area contributed by atoms with E-state index in [0.717, 1.165) is 34.1 Å². The van der Waals surface area contributed by atoms with Gasteiger partial charge in [-0.05, 0) is 61.7 Å². The van der Waals surface area contributed by atoms with Crippen LogP contribution in [0.2, 0.25) is 0 Å². The van der Waals surface area contributed by atoms with Crippen LogP contribution in [-0.4, -0.2) is 0 Å². The monoisotopic (exact) mass is 304 g/mol. The number of benzene rings is 3. The minimum Gasteiger partial charge on any atom is -0.457 e. The summed E-state index contributed by atoms with van der Waals surface area (Å²) in [6.45, 7) is 6.18. The van der Waals surface area contributed by atoms with Crippen LogP contribution in [0.15, 0.2) is 66.7 Å². The molecule has 0 aliphatic carbocycles. The van der Waals surface area contributed by atoms with Crippen LogP contribution in [0.25, 0.3) is 0 Å². The van der Waals surface area contributed by atoms with E-state index < -0.39 is 0 Å². The molecule has 0 unspecified atom stereocenters. The number of rotatable bonds is 4. The normalized spacial score (nSPS) is 10.4. The SMILES string of the molecule is Cc1ccccc1Oc1cccc(Oc2cccc(C)c2C)c1. The lowest BCUT2D eigenvalue weighted by Gasteiger charge is -2.12. The lowest BCUT2D eigenvalue weighted by atomic mass is 10.1. The van der Waals surface area contributed by atoms with Crippen LogP contribution in [0.1, 0.15) is 16.7 Å². The molecule has 0 atom stereocenters. The van der Waals surface area contributed by atoms with Crippen LogP contribution in [0.4, 0.5) is 0 Å². The summed E-state index contributed by atoms with van der Waals surface area (Å²) in [4.78, 5) is 0. The molecule has 0 amide bonds. The number of ether oxygens (including phenoxy) is 2. The fraction of sp³-hybridized carbons (Fsp3) is 0.143. The maximum absolute atomic E-state index is 6.02. The quantitative estimate of drug-likeness (QED) is 0.571. The number of hydrogen-bond acceptors (Lipinski definition) is 2. The zero-order chi connectivity index (χ0) is 16.2. The molecule has 2 heteroatoms. The highest BCUT2D eigenvalue weighted by atomic mass is 16.5. The Bertz CT molecular complexity index is 822. The van der Waals surface area contributed by atoms with Crippen LogP contribution in [-0.2, 0) is 0 Å². The molecule has 0 aromatic heterocycles. The molecule has 0 aliphatic heterocycles. The van der Waals surface area contributed by atoms with Gasteiger partial charge >= 0.3 is 0 Å². The first-order chi connectivity index (χ1) is 11.1. The van der Waals surface area contributed by atoms with Crippen molar-refractivity contribution >= 4 is 0 Å². The van der Waals surface area contributed by atoms with E-state index in [4.69, 9.17) is 9.47 Å². The minimum absolute atomic E-state index is 0.766. The van der Waals surface area contributed by atoms with Gasteiger partial charge in [0.1, 0.15) is 23.0 Å². The summed E-state index contributed by atoms with van der Waals surface area (Å²) in [7, 11) is 0. The third-order valence-corrected chi connectivity index (χ3v) is 3.91. The molecule has 0 heterocycles. The summed E-state index contributed by atoms with van der Waals surface area (Å²) in [5, 5.41) is 0. The van der Waals surface area contributed by atoms with Gasteiger partial charge in [-0.3, -0.25) is 0 Å². The maximum atomic E-state index is 6.02. The van der Waals surface area contributed by atoms with Gasteiger partial charge in [0.15, 0.2) is 0 Å². The number of aryl methyl sites for hydroxylation is 2. The Balaban J connectivity index is 1.83. The van der Waals surface area contributed by atoms with Gasteiger partial charge in [0.25, 0.3) is 0 Å². The van der Waals surface area contributed by atoms with Gasteiger partial charge in [-0.2, -0.15) is 0 Å². The summed E-state index contributed by atoms with van der Waals surface area (Å²) in [6, 6.07) is 21.8. The second-order valence-corrected chi connectivity index (χ2v) is 5.64. The lowest BCUT2D eigenvalue weighted by Crippen LogP contribution is -1.91. The molecule has 116 valence electrons. The van der Waals surface area contributed by atoms with E-state index in [9.17, 15) is 0 Å². The summed E-state index contributed by atoms with van der Waals surface area (Å²) in [5.41, 5.74) is 3.47. The molecule has 0 N–H and O–H groups in total. The smallest absolute Gasteiger partial charge is 0.131 e. The van der Waals surface area contributed by atoms with Gasteiger partial charge in [0, 0.05) is 6.07 Å². The van der Waals surface area contributed by atoms with E-state index in [1.807, 2.05) is 67.6 Å². The van der Waals surface area contributed by atoms with Crippen LogP contribution in [0, 0.1) is 20.8 Å². The third kappa shape index (κ3) is 3.54. The van der Waals surface area contributed by atoms with Crippen molar-refractivity contribution in [2.75, 3.05) is 0 Å². The molecule has 0 bridgehead atoms. The van der Waals surface area contributed by atoms with Gasteiger partial charge < -0.3 is 9.47 Å². The molecule has 0 fully saturated rings. The Kier molecular flexibility index (Phi) is 4.33. The Hall–Kier alpha value is -2.74.